The Hall–Kier alpha value is -1.28. The van der Waals surface area contributed by atoms with Crippen molar-refractivity contribution >= 4 is 13.8 Å². The van der Waals surface area contributed by atoms with Crippen LogP contribution in [-0.2, 0) is 27.9 Å². The Balaban J connectivity index is 4.33. The van der Waals surface area contributed by atoms with Crippen molar-refractivity contribution in [3.63, 3.8) is 0 Å². The number of hydrogen-bond donors (Lipinski definition) is 1. The molecule has 0 saturated carbocycles. The van der Waals surface area contributed by atoms with E-state index in [2.05, 4.69) is 50.3 Å². The van der Waals surface area contributed by atoms with Crippen molar-refractivity contribution in [3.05, 3.63) is 36.5 Å². The topological polar surface area (TPSA) is 91.3 Å². The van der Waals surface area contributed by atoms with Crippen LogP contribution in [-0.4, -0.2) is 75.6 Å². The van der Waals surface area contributed by atoms with Crippen molar-refractivity contribution in [2.75, 3.05) is 54.1 Å². The molecule has 0 radical (unpaired) electrons. The third-order valence-electron chi connectivity index (χ3n) is 8.17. The molecular weight excluding hydrogens is 637 g/mol. The molecule has 0 saturated heterocycles. The molecule has 0 amide bonds. The maximum atomic E-state index is 12.6. The minimum Gasteiger partial charge on any atom is -0.457 e. The zero-order valence-corrected chi connectivity index (χ0v) is 33.3. The Labute approximate surface area is 302 Å². The molecule has 0 aliphatic carbocycles. The smallest absolute Gasteiger partial charge is 0.457 e. The van der Waals surface area contributed by atoms with Crippen molar-refractivity contribution in [2.45, 2.75) is 161 Å². The molecule has 0 aliphatic rings. The maximum Gasteiger partial charge on any atom is 0.472 e. The lowest BCUT2D eigenvalue weighted by molar-refractivity contribution is -0.870. The van der Waals surface area contributed by atoms with Crippen molar-refractivity contribution in [3.8, 4) is 0 Å². The third kappa shape index (κ3) is 37.8. The highest BCUT2D eigenvalue weighted by Crippen LogP contribution is 2.43. The van der Waals surface area contributed by atoms with Gasteiger partial charge in [0, 0.05) is 13.0 Å². The second-order valence-electron chi connectivity index (χ2n) is 14.3. The predicted molar refractivity (Wildman–Crippen MR) is 206 cm³/mol. The molecular formula is C40H77NO7P+. The zero-order chi connectivity index (χ0) is 36.3. The van der Waals surface area contributed by atoms with Crippen molar-refractivity contribution in [1.82, 2.24) is 0 Å². The summed E-state index contributed by atoms with van der Waals surface area (Å²) in [6, 6.07) is 0. The molecule has 2 atom stereocenters. The SMILES string of the molecule is CCCC/C=C\C/C=C\CCCCCCCC(=O)OC(COCCCCCCCC/C=C\CCCCC)COP(=O)(O)OCC[N+](C)(C)C. The molecule has 0 rings (SSSR count). The normalized spacial score (nSPS) is 14.3. The van der Waals surface area contributed by atoms with E-state index in [0.717, 1.165) is 57.8 Å². The standard InChI is InChI=1S/C40H76NO7P/c1-6-8-10-12-14-16-18-20-21-23-25-27-29-31-33-40(42)48-39(38-47-49(43,44)46-36-34-41(3,4)5)37-45-35-32-30-28-26-24-22-19-17-15-13-11-9-7-2/h12,14-15,17-18,20,39H,6-11,13,16,19,21-38H2,1-5H3/p+1/b14-12-,17-15-,20-18-. The molecule has 0 fully saturated rings. The van der Waals surface area contributed by atoms with Crippen molar-refractivity contribution in [1.29, 1.82) is 0 Å². The highest BCUT2D eigenvalue weighted by molar-refractivity contribution is 7.47. The number of phosphoric acid groups is 1. The number of phosphoric ester groups is 1. The number of esters is 1. The maximum absolute atomic E-state index is 12.6. The number of quaternary nitrogens is 1. The van der Waals surface area contributed by atoms with Gasteiger partial charge < -0.3 is 18.9 Å². The van der Waals surface area contributed by atoms with Crippen LogP contribution in [0.25, 0.3) is 0 Å². The van der Waals surface area contributed by atoms with Gasteiger partial charge in [0.15, 0.2) is 0 Å². The summed E-state index contributed by atoms with van der Waals surface area (Å²) in [4.78, 5) is 22.8. The number of carbonyl (C=O) groups is 1. The molecule has 2 unspecified atom stereocenters. The minimum atomic E-state index is -4.27. The number of ether oxygens (including phenoxy) is 2. The Morgan fingerprint density at radius 3 is 1.73 bits per heavy atom. The summed E-state index contributed by atoms with van der Waals surface area (Å²) < 4.78 is 34.8. The van der Waals surface area contributed by atoms with Crippen LogP contribution >= 0.6 is 7.82 Å². The van der Waals surface area contributed by atoms with E-state index in [-0.39, 0.29) is 25.8 Å². The monoisotopic (exact) mass is 715 g/mol. The van der Waals surface area contributed by atoms with Gasteiger partial charge in [-0.2, -0.15) is 0 Å². The van der Waals surface area contributed by atoms with Gasteiger partial charge in [-0.15, -0.1) is 0 Å². The minimum absolute atomic E-state index is 0.0841. The van der Waals surface area contributed by atoms with Gasteiger partial charge in [0.25, 0.3) is 0 Å². The Kier molecular flexibility index (Phi) is 33.0. The largest absolute Gasteiger partial charge is 0.472 e. The zero-order valence-electron chi connectivity index (χ0n) is 32.4. The van der Waals surface area contributed by atoms with Gasteiger partial charge in [-0.3, -0.25) is 13.8 Å². The fourth-order valence-electron chi connectivity index (χ4n) is 5.03. The summed E-state index contributed by atoms with van der Waals surface area (Å²) in [5.74, 6) is -0.332. The number of carbonyl (C=O) groups excluding carboxylic acids is 1. The molecule has 0 aliphatic heterocycles. The van der Waals surface area contributed by atoms with Crippen molar-refractivity contribution < 1.29 is 37.3 Å². The number of rotatable bonds is 36. The molecule has 0 aromatic heterocycles. The fourth-order valence-corrected chi connectivity index (χ4v) is 5.77. The van der Waals surface area contributed by atoms with Crippen molar-refractivity contribution in [2.24, 2.45) is 0 Å². The average Bonchev–Trinajstić information content (AvgIpc) is 3.04. The molecule has 0 spiro atoms. The van der Waals surface area contributed by atoms with E-state index in [9.17, 15) is 14.3 Å². The van der Waals surface area contributed by atoms with Gasteiger partial charge in [-0.05, 0) is 64.2 Å². The van der Waals surface area contributed by atoms with Gasteiger partial charge in [-0.1, -0.05) is 121 Å². The number of nitrogens with zero attached hydrogens (tertiary/aromatic N) is 1. The summed E-state index contributed by atoms with van der Waals surface area (Å²) >= 11 is 0. The van der Waals surface area contributed by atoms with Gasteiger partial charge >= 0.3 is 13.8 Å². The van der Waals surface area contributed by atoms with Gasteiger partial charge in [0.05, 0.1) is 34.4 Å². The lowest BCUT2D eigenvalue weighted by Gasteiger charge is -2.24. The molecule has 0 bridgehead atoms. The van der Waals surface area contributed by atoms with Crippen LogP contribution in [0, 0.1) is 0 Å². The van der Waals surface area contributed by atoms with E-state index < -0.39 is 13.9 Å². The summed E-state index contributed by atoms with van der Waals surface area (Å²) in [5.41, 5.74) is 0. The van der Waals surface area contributed by atoms with E-state index in [1.165, 1.54) is 77.0 Å². The predicted octanol–water partition coefficient (Wildman–Crippen LogP) is 11.0. The second-order valence-corrected chi connectivity index (χ2v) is 15.8. The quantitative estimate of drug-likeness (QED) is 0.0227. The summed E-state index contributed by atoms with van der Waals surface area (Å²) in [6.45, 7) is 5.52. The lowest BCUT2D eigenvalue weighted by atomic mass is 10.1. The van der Waals surface area contributed by atoms with E-state index in [1.54, 1.807) is 0 Å². The number of allylic oxidation sites excluding steroid dienone is 6. The Morgan fingerprint density at radius 2 is 1.14 bits per heavy atom. The first-order chi connectivity index (χ1) is 23.6. The number of hydrogen-bond acceptors (Lipinski definition) is 6. The highest BCUT2D eigenvalue weighted by Gasteiger charge is 2.26. The molecule has 9 heteroatoms. The van der Waals surface area contributed by atoms with Crippen LogP contribution in [0.4, 0.5) is 0 Å². The van der Waals surface area contributed by atoms with E-state index in [0.29, 0.717) is 24.1 Å². The number of likely N-dealkylation sites (N-methyl/N-ethyl adjacent to an activating group) is 1. The van der Waals surface area contributed by atoms with Crippen LogP contribution in [0.1, 0.15) is 155 Å². The van der Waals surface area contributed by atoms with Crippen LogP contribution in [0.2, 0.25) is 0 Å². The van der Waals surface area contributed by atoms with Crippen LogP contribution in [0.3, 0.4) is 0 Å². The van der Waals surface area contributed by atoms with Crippen LogP contribution in [0.5, 0.6) is 0 Å². The first-order valence-electron chi connectivity index (χ1n) is 19.7. The van der Waals surface area contributed by atoms with Gasteiger partial charge in [0.1, 0.15) is 19.3 Å². The lowest BCUT2D eigenvalue weighted by Crippen LogP contribution is -2.37. The van der Waals surface area contributed by atoms with E-state index in [4.69, 9.17) is 18.5 Å². The third-order valence-corrected chi connectivity index (χ3v) is 9.16. The molecule has 0 aromatic rings. The van der Waals surface area contributed by atoms with Crippen LogP contribution < -0.4 is 0 Å². The van der Waals surface area contributed by atoms with Gasteiger partial charge in [0.2, 0.25) is 0 Å². The molecule has 1 N–H and O–H groups in total. The molecule has 49 heavy (non-hydrogen) atoms. The first kappa shape index (κ1) is 47.7. The highest BCUT2D eigenvalue weighted by atomic mass is 31.2. The molecule has 0 heterocycles. The van der Waals surface area contributed by atoms with Gasteiger partial charge in [-0.25, -0.2) is 4.57 Å². The average molecular weight is 715 g/mol. The first-order valence-corrected chi connectivity index (χ1v) is 21.2. The molecule has 8 nitrogen and oxygen atoms in total. The van der Waals surface area contributed by atoms with Crippen LogP contribution in [0.15, 0.2) is 36.5 Å². The summed E-state index contributed by atoms with van der Waals surface area (Å²) in [5, 5.41) is 0. The molecule has 0 aromatic carbocycles. The fraction of sp³-hybridized carbons (Fsp3) is 0.825. The van der Waals surface area contributed by atoms with E-state index in [1.807, 2.05) is 21.1 Å². The Bertz CT molecular complexity index is 884. The Morgan fingerprint density at radius 1 is 0.633 bits per heavy atom. The number of unbranched alkanes of at least 4 members (excludes halogenated alkanes) is 16. The summed E-state index contributed by atoms with van der Waals surface area (Å²) in [6.07, 6.45) is 37.4. The summed E-state index contributed by atoms with van der Waals surface area (Å²) in [7, 11) is 1.65. The second kappa shape index (κ2) is 33.8. The van der Waals surface area contributed by atoms with E-state index >= 15 is 0 Å². The molecule has 288 valence electrons.